The monoisotopic (exact) mass is 286 g/mol. The smallest absolute Gasteiger partial charge is 0.227 e. The molecule has 0 bridgehead atoms. The van der Waals surface area contributed by atoms with Gasteiger partial charge in [-0.2, -0.15) is 0 Å². The number of nitrogens with zero attached hydrogens (tertiary/aromatic N) is 1. The van der Waals surface area contributed by atoms with Crippen molar-refractivity contribution in [2.24, 2.45) is 0 Å². The van der Waals surface area contributed by atoms with Crippen molar-refractivity contribution in [1.82, 2.24) is 10.2 Å². The number of likely N-dealkylation sites (N-methyl/N-ethyl adjacent to an activating group) is 1. The highest BCUT2D eigenvalue weighted by molar-refractivity contribution is 6.36. The summed E-state index contributed by atoms with van der Waals surface area (Å²) >= 11 is 12.1. The summed E-state index contributed by atoms with van der Waals surface area (Å²) in [6.45, 7) is 1.83. The Kier molecular flexibility index (Phi) is 4.49. The second kappa shape index (κ2) is 5.91. The lowest BCUT2D eigenvalue weighted by Gasteiger charge is -2.24. The van der Waals surface area contributed by atoms with Crippen molar-refractivity contribution >= 4 is 29.1 Å². The first-order valence-corrected chi connectivity index (χ1v) is 6.74. The van der Waals surface area contributed by atoms with E-state index in [0.29, 0.717) is 15.6 Å². The molecule has 18 heavy (non-hydrogen) atoms. The number of carbonyl (C=O) groups excluding carboxylic acids is 1. The van der Waals surface area contributed by atoms with Crippen molar-refractivity contribution in [3.05, 3.63) is 33.8 Å². The molecule has 0 radical (unpaired) electrons. The Labute approximate surface area is 117 Å². The average Bonchev–Trinajstić information content (AvgIpc) is 2.86. The molecule has 1 aliphatic heterocycles. The van der Waals surface area contributed by atoms with Crippen LogP contribution in [0.2, 0.25) is 10.0 Å². The summed E-state index contributed by atoms with van der Waals surface area (Å²) in [5.41, 5.74) is 0.712. The van der Waals surface area contributed by atoms with E-state index < -0.39 is 0 Å². The zero-order valence-corrected chi connectivity index (χ0v) is 11.8. The van der Waals surface area contributed by atoms with Gasteiger partial charge in [-0.25, -0.2) is 0 Å². The topological polar surface area (TPSA) is 32.3 Å². The lowest BCUT2D eigenvalue weighted by molar-refractivity contribution is -0.130. The van der Waals surface area contributed by atoms with E-state index in [9.17, 15) is 4.79 Å². The van der Waals surface area contributed by atoms with Crippen LogP contribution in [0.25, 0.3) is 0 Å². The van der Waals surface area contributed by atoms with E-state index in [-0.39, 0.29) is 18.4 Å². The highest BCUT2D eigenvalue weighted by atomic mass is 35.5. The molecule has 1 heterocycles. The van der Waals surface area contributed by atoms with Crippen LogP contribution >= 0.6 is 23.2 Å². The van der Waals surface area contributed by atoms with Crippen LogP contribution in [-0.2, 0) is 11.2 Å². The number of amides is 1. The second-order valence-electron chi connectivity index (χ2n) is 4.53. The van der Waals surface area contributed by atoms with Gasteiger partial charge >= 0.3 is 0 Å². The van der Waals surface area contributed by atoms with Crippen molar-refractivity contribution in [3.63, 3.8) is 0 Å². The molecule has 1 aromatic rings. The van der Waals surface area contributed by atoms with E-state index in [1.54, 1.807) is 23.1 Å². The first kappa shape index (κ1) is 13.7. The number of rotatable bonds is 3. The van der Waals surface area contributed by atoms with Gasteiger partial charge in [0.2, 0.25) is 5.91 Å². The molecule has 1 amide bonds. The Morgan fingerprint density at radius 3 is 2.67 bits per heavy atom. The van der Waals surface area contributed by atoms with E-state index in [0.717, 1.165) is 19.5 Å². The van der Waals surface area contributed by atoms with Crippen molar-refractivity contribution < 1.29 is 4.79 Å². The molecule has 0 unspecified atom stereocenters. The van der Waals surface area contributed by atoms with Gasteiger partial charge in [-0.05, 0) is 30.7 Å². The molecule has 0 aliphatic carbocycles. The van der Waals surface area contributed by atoms with Gasteiger partial charge in [0.25, 0.3) is 0 Å². The lowest BCUT2D eigenvalue weighted by atomic mass is 10.1. The lowest BCUT2D eigenvalue weighted by Crippen LogP contribution is -2.39. The third kappa shape index (κ3) is 2.97. The fraction of sp³-hybridized carbons (Fsp3) is 0.462. The number of carbonyl (C=O) groups is 1. The summed E-state index contributed by atoms with van der Waals surface area (Å²) in [6, 6.07) is 5.57. The highest BCUT2D eigenvalue weighted by Crippen LogP contribution is 2.25. The molecule has 2 rings (SSSR count). The van der Waals surface area contributed by atoms with Crippen molar-refractivity contribution in [2.45, 2.75) is 18.9 Å². The van der Waals surface area contributed by atoms with Gasteiger partial charge in [-0.1, -0.05) is 29.3 Å². The minimum atomic E-state index is 0.0544. The number of nitrogens with one attached hydrogen (secondary N) is 1. The maximum Gasteiger partial charge on any atom is 0.227 e. The molecule has 1 fully saturated rings. The van der Waals surface area contributed by atoms with Crippen LogP contribution in [0.15, 0.2) is 18.2 Å². The molecule has 98 valence electrons. The Morgan fingerprint density at radius 2 is 2.11 bits per heavy atom. The molecular formula is C13H16Cl2N2O. The van der Waals surface area contributed by atoms with Crippen LogP contribution < -0.4 is 5.32 Å². The van der Waals surface area contributed by atoms with Gasteiger partial charge in [0.15, 0.2) is 0 Å². The fourth-order valence-electron chi connectivity index (χ4n) is 2.15. The van der Waals surface area contributed by atoms with E-state index in [1.807, 2.05) is 7.05 Å². The molecule has 5 heteroatoms. The molecule has 1 atom stereocenters. The zero-order valence-electron chi connectivity index (χ0n) is 10.2. The zero-order chi connectivity index (χ0) is 13.1. The predicted molar refractivity (Wildman–Crippen MR) is 74.2 cm³/mol. The summed E-state index contributed by atoms with van der Waals surface area (Å²) in [5, 5.41) is 4.35. The summed E-state index contributed by atoms with van der Waals surface area (Å²) in [7, 11) is 1.84. The molecule has 3 nitrogen and oxygen atoms in total. The highest BCUT2D eigenvalue weighted by Gasteiger charge is 2.24. The minimum Gasteiger partial charge on any atom is -0.341 e. The normalized spacial score (nSPS) is 18.9. The van der Waals surface area contributed by atoms with Crippen molar-refractivity contribution in [2.75, 3.05) is 20.1 Å². The number of hydrogen-bond donors (Lipinski definition) is 1. The maximum absolute atomic E-state index is 12.2. The molecule has 1 aromatic carbocycles. The van der Waals surface area contributed by atoms with Crippen LogP contribution in [0.4, 0.5) is 0 Å². The minimum absolute atomic E-state index is 0.0544. The summed E-state index contributed by atoms with van der Waals surface area (Å²) in [4.78, 5) is 14.0. The fourth-order valence-corrected chi connectivity index (χ4v) is 2.68. The molecule has 1 saturated heterocycles. The Bertz CT molecular complexity index is 424. The van der Waals surface area contributed by atoms with Crippen LogP contribution in [0.3, 0.4) is 0 Å². The molecule has 0 spiro atoms. The quantitative estimate of drug-likeness (QED) is 0.925. The standard InChI is InChI=1S/C13H16Cl2N2O/c1-17(9-5-6-16-8-9)13(18)7-10-11(14)3-2-4-12(10)15/h2-4,9,16H,5-8H2,1H3/t9-/m1/s1. The van der Waals surface area contributed by atoms with Gasteiger partial charge < -0.3 is 10.2 Å². The first-order valence-electron chi connectivity index (χ1n) is 5.99. The van der Waals surface area contributed by atoms with Crippen molar-refractivity contribution in [1.29, 1.82) is 0 Å². The molecule has 1 N–H and O–H groups in total. The largest absolute Gasteiger partial charge is 0.341 e. The van der Waals surface area contributed by atoms with E-state index in [1.165, 1.54) is 0 Å². The van der Waals surface area contributed by atoms with Crippen LogP contribution in [0, 0.1) is 0 Å². The van der Waals surface area contributed by atoms with Crippen molar-refractivity contribution in [3.8, 4) is 0 Å². The third-order valence-corrected chi connectivity index (χ3v) is 4.07. The first-order chi connectivity index (χ1) is 8.59. The summed E-state index contributed by atoms with van der Waals surface area (Å²) < 4.78 is 0. The average molecular weight is 287 g/mol. The Morgan fingerprint density at radius 1 is 1.44 bits per heavy atom. The maximum atomic E-state index is 12.2. The van der Waals surface area contributed by atoms with Gasteiger partial charge in [-0.15, -0.1) is 0 Å². The van der Waals surface area contributed by atoms with E-state index in [4.69, 9.17) is 23.2 Å². The van der Waals surface area contributed by atoms with E-state index in [2.05, 4.69) is 5.32 Å². The number of hydrogen-bond acceptors (Lipinski definition) is 2. The second-order valence-corrected chi connectivity index (χ2v) is 5.34. The third-order valence-electron chi connectivity index (χ3n) is 3.37. The van der Waals surface area contributed by atoms with E-state index >= 15 is 0 Å². The van der Waals surface area contributed by atoms with Gasteiger partial charge in [0, 0.05) is 29.7 Å². The number of halogens is 2. The molecule has 1 aliphatic rings. The Balaban J connectivity index is 2.06. The molecular weight excluding hydrogens is 271 g/mol. The van der Waals surface area contributed by atoms with Gasteiger partial charge in [0.05, 0.1) is 6.42 Å². The summed E-state index contributed by atoms with van der Waals surface area (Å²) in [6.07, 6.45) is 1.25. The van der Waals surface area contributed by atoms with Crippen LogP contribution in [0.5, 0.6) is 0 Å². The summed E-state index contributed by atoms with van der Waals surface area (Å²) in [5.74, 6) is 0.0544. The SMILES string of the molecule is CN(C(=O)Cc1c(Cl)cccc1Cl)[C@@H]1CCNC1. The molecule has 0 aromatic heterocycles. The van der Waals surface area contributed by atoms with Gasteiger partial charge in [0.1, 0.15) is 0 Å². The predicted octanol–water partition coefficient (Wildman–Crippen LogP) is 2.36. The van der Waals surface area contributed by atoms with Crippen LogP contribution in [0.1, 0.15) is 12.0 Å². The van der Waals surface area contributed by atoms with Crippen LogP contribution in [-0.4, -0.2) is 37.0 Å². The Hall–Kier alpha value is -0.770. The number of benzene rings is 1. The molecule has 0 saturated carbocycles. The van der Waals surface area contributed by atoms with Gasteiger partial charge in [-0.3, -0.25) is 4.79 Å².